The van der Waals surface area contributed by atoms with Crippen LogP contribution < -0.4 is 5.73 Å². The van der Waals surface area contributed by atoms with Crippen molar-refractivity contribution in [3.8, 4) is 0 Å². The van der Waals surface area contributed by atoms with E-state index < -0.39 is 30.8 Å². The Labute approximate surface area is 117 Å². The third-order valence-electron chi connectivity index (χ3n) is 3.72. The summed E-state index contributed by atoms with van der Waals surface area (Å²) < 4.78 is 22.2. The van der Waals surface area contributed by atoms with E-state index in [0.29, 0.717) is 6.61 Å². The second-order valence-corrected chi connectivity index (χ2v) is 5.02. The van der Waals surface area contributed by atoms with Crippen LogP contribution in [-0.4, -0.2) is 49.5 Å². The van der Waals surface area contributed by atoms with Crippen molar-refractivity contribution in [1.82, 2.24) is 0 Å². The Bertz CT molecular complexity index is 440. The molecule has 2 heterocycles. The predicted octanol–water partition coefficient (Wildman–Crippen LogP) is 0.160. The first-order chi connectivity index (χ1) is 9.70. The van der Waals surface area contributed by atoms with Crippen molar-refractivity contribution in [2.75, 3.05) is 13.7 Å². The molecule has 0 saturated carbocycles. The molecule has 1 unspecified atom stereocenters. The molecule has 6 heteroatoms. The third-order valence-corrected chi connectivity index (χ3v) is 3.72. The molecule has 1 aromatic carbocycles. The highest BCUT2D eigenvalue weighted by atomic mass is 16.7. The van der Waals surface area contributed by atoms with E-state index in [9.17, 15) is 5.11 Å². The number of fused-ring (bicyclic) bond motifs is 1. The van der Waals surface area contributed by atoms with Crippen LogP contribution in [0.3, 0.4) is 0 Å². The third kappa shape index (κ3) is 2.46. The Hall–Kier alpha value is -1.02. The molecule has 6 atom stereocenters. The molecule has 1 aromatic rings. The molecule has 0 radical (unpaired) electrons. The summed E-state index contributed by atoms with van der Waals surface area (Å²) in [6.45, 7) is 0.327. The van der Waals surface area contributed by atoms with Crippen LogP contribution in [-0.2, 0) is 18.9 Å². The van der Waals surface area contributed by atoms with Gasteiger partial charge in [0.2, 0.25) is 0 Å². The number of aliphatic hydroxyl groups excluding tert-OH is 1. The van der Waals surface area contributed by atoms with Gasteiger partial charge in [0.25, 0.3) is 0 Å². The highest BCUT2D eigenvalue weighted by Gasteiger charge is 2.48. The van der Waals surface area contributed by atoms with Gasteiger partial charge in [-0.3, -0.25) is 0 Å². The molecular formula is C14H19NO5. The van der Waals surface area contributed by atoms with Gasteiger partial charge in [-0.15, -0.1) is 0 Å². The number of methoxy groups -OCH3 is 1. The monoisotopic (exact) mass is 281 g/mol. The fourth-order valence-electron chi connectivity index (χ4n) is 2.60. The van der Waals surface area contributed by atoms with Crippen molar-refractivity contribution < 1.29 is 24.1 Å². The summed E-state index contributed by atoms with van der Waals surface area (Å²) in [5.41, 5.74) is 6.81. The zero-order valence-corrected chi connectivity index (χ0v) is 11.2. The molecule has 3 N–H and O–H groups in total. The fourth-order valence-corrected chi connectivity index (χ4v) is 2.60. The Morgan fingerprint density at radius 2 is 2.00 bits per heavy atom. The molecule has 2 aliphatic rings. The van der Waals surface area contributed by atoms with Crippen molar-refractivity contribution in [3.05, 3.63) is 35.9 Å². The van der Waals surface area contributed by atoms with Crippen molar-refractivity contribution >= 4 is 0 Å². The van der Waals surface area contributed by atoms with Gasteiger partial charge < -0.3 is 29.8 Å². The van der Waals surface area contributed by atoms with Gasteiger partial charge in [0, 0.05) is 12.7 Å². The average Bonchev–Trinajstić information content (AvgIpc) is 2.51. The number of nitrogens with two attached hydrogens (primary N) is 1. The van der Waals surface area contributed by atoms with Crippen molar-refractivity contribution in [2.24, 2.45) is 5.73 Å². The summed E-state index contributed by atoms with van der Waals surface area (Å²) in [4.78, 5) is 0. The highest BCUT2D eigenvalue weighted by molar-refractivity contribution is 5.16. The Kier molecular flexibility index (Phi) is 4.02. The van der Waals surface area contributed by atoms with E-state index in [-0.39, 0.29) is 6.10 Å². The van der Waals surface area contributed by atoms with Crippen molar-refractivity contribution in [3.63, 3.8) is 0 Å². The molecule has 6 nitrogen and oxygen atoms in total. The summed E-state index contributed by atoms with van der Waals surface area (Å²) in [6, 6.07) is 8.93. The van der Waals surface area contributed by atoms with E-state index in [1.54, 1.807) is 0 Å². The average molecular weight is 281 g/mol. The van der Waals surface area contributed by atoms with Crippen LogP contribution in [0.25, 0.3) is 0 Å². The van der Waals surface area contributed by atoms with Gasteiger partial charge in [-0.25, -0.2) is 0 Å². The van der Waals surface area contributed by atoms with E-state index >= 15 is 0 Å². The molecule has 0 amide bonds. The minimum Gasteiger partial charge on any atom is -0.388 e. The van der Waals surface area contributed by atoms with Gasteiger partial charge in [0.1, 0.15) is 18.3 Å². The minimum absolute atomic E-state index is 0.327. The standard InChI is InChI=1S/C14H19NO5/c1-17-14-10(15)11(16)12-9(19-14)7-18-13(20-12)8-5-3-2-4-6-8/h2-6,9-14,16H,7,15H2,1H3/t9-,10+,11+,12-,13?,14+/m1/s1. The molecule has 0 spiro atoms. The van der Waals surface area contributed by atoms with E-state index in [4.69, 9.17) is 24.7 Å². The number of hydrogen-bond donors (Lipinski definition) is 2. The maximum Gasteiger partial charge on any atom is 0.184 e. The highest BCUT2D eigenvalue weighted by Crippen LogP contribution is 2.33. The van der Waals surface area contributed by atoms with Crippen LogP contribution in [0.1, 0.15) is 11.9 Å². The van der Waals surface area contributed by atoms with Gasteiger partial charge in [-0.1, -0.05) is 30.3 Å². The number of hydrogen-bond acceptors (Lipinski definition) is 6. The lowest BCUT2D eigenvalue weighted by molar-refractivity contribution is -0.339. The Balaban J connectivity index is 1.74. The molecule has 0 aromatic heterocycles. The quantitative estimate of drug-likeness (QED) is 0.803. The van der Waals surface area contributed by atoms with Crippen LogP contribution in [0.5, 0.6) is 0 Å². The molecule has 0 bridgehead atoms. The van der Waals surface area contributed by atoms with Gasteiger partial charge >= 0.3 is 0 Å². The van der Waals surface area contributed by atoms with E-state index in [2.05, 4.69) is 0 Å². The fraction of sp³-hybridized carbons (Fsp3) is 0.571. The van der Waals surface area contributed by atoms with Gasteiger partial charge in [0.05, 0.1) is 12.6 Å². The first-order valence-electron chi connectivity index (χ1n) is 6.64. The second kappa shape index (κ2) is 5.77. The van der Waals surface area contributed by atoms with Gasteiger partial charge in [0.15, 0.2) is 12.6 Å². The Morgan fingerprint density at radius 1 is 1.25 bits per heavy atom. The van der Waals surface area contributed by atoms with Crippen LogP contribution in [0, 0.1) is 0 Å². The van der Waals surface area contributed by atoms with Crippen LogP contribution in [0.15, 0.2) is 30.3 Å². The topological polar surface area (TPSA) is 83.2 Å². The summed E-state index contributed by atoms with van der Waals surface area (Å²) in [5.74, 6) is 0. The number of aliphatic hydroxyl groups is 1. The molecule has 2 saturated heterocycles. The van der Waals surface area contributed by atoms with Crippen LogP contribution in [0.2, 0.25) is 0 Å². The first-order valence-corrected chi connectivity index (χ1v) is 6.64. The maximum atomic E-state index is 10.3. The smallest absolute Gasteiger partial charge is 0.184 e. The SMILES string of the molecule is CO[C@H]1O[C@@H]2COC(c3ccccc3)O[C@H]2[C@@H](O)[C@@H]1N. The van der Waals surface area contributed by atoms with Gasteiger partial charge in [-0.2, -0.15) is 0 Å². The van der Waals surface area contributed by atoms with E-state index in [1.165, 1.54) is 7.11 Å². The number of benzene rings is 1. The van der Waals surface area contributed by atoms with E-state index in [0.717, 1.165) is 5.56 Å². The summed E-state index contributed by atoms with van der Waals surface area (Å²) in [7, 11) is 1.49. The summed E-state index contributed by atoms with van der Waals surface area (Å²) in [5, 5.41) is 10.3. The van der Waals surface area contributed by atoms with Gasteiger partial charge in [-0.05, 0) is 0 Å². The largest absolute Gasteiger partial charge is 0.388 e. The first kappa shape index (κ1) is 13.9. The van der Waals surface area contributed by atoms with Crippen LogP contribution in [0.4, 0.5) is 0 Å². The van der Waals surface area contributed by atoms with Crippen molar-refractivity contribution in [1.29, 1.82) is 0 Å². The lowest BCUT2D eigenvalue weighted by Crippen LogP contribution is -2.64. The van der Waals surface area contributed by atoms with Crippen molar-refractivity contribution in [2.45, 2.75) is 36.9 Å². The molecule has 0 aliphatic carbocycles. The zero-order valence-electron chi connectivity index (χ0n) is 11.2. The molecule has 3 rings (SSSR count). The lowest BCUT2D eigenvalue weighted by Gasteiger charge is -2.46. The number of ether oxygens (including phenoxy) is 4. The van der Waals surface area contributed by atoms with Crippen LogP contribution >= 0.6 is 0 Å². The molecule has 2 aliphatic heterocycles. The predicted molar refractivity (Wildman–Crippen MR) is 69.7 cm³/mol. The molecule has 110 valence electrons. The maximum absolute atomic E-state index is 10.3. The zero-order chi connectivity index (χ0) is 14.1. The Morgan fingerprint density at radius 3 is 2.70 bits per heavy atom. The van der Waals surface area contributed by atoms with E-state index in [1.807, 2.05) is 30.3 Å². The number of rotatable bonds is 2. The molecule has 2 fully saturated rings. The molecule has 20 heavy (non-hydrogen) atoms. The summed E-state index contributed by atoms with van der Waals surface area (Å²) >= 11 is 0. The minimum atomic E-state index is -0.853. The molecular weight excluding hydrogens is 262 g/mol. The summed E-state index contributed by atoms with van der Waals surface area (Å²) in [6.07, 6.45) is -2.91. The normalized spacial score (nSPS) is 41.1. The lowest BCUT2D eigenvalue weighted by atomic mass is 9.96. The second-order valence-electron chi connectivity index (χ2n) is 5.02.